The molecule has 0 aromatic rings. The Labute approximate surface area is 118 Å². The van der Waals surface area contributed by atoms with Crippen LogP contribution in [0.4, 0.5) is 0 Å². The molecule has 112 valence electrons. The molecule has 2 fully saturated rings. The number of nitrogens with two attached hydrogens (primary N) is 1. The van der Waals surface area contributed by atoms with Crippen molar-refractivity contribution in [3.63, 3.8) is 0 Å². The minimum atomic E-state index is -0.598. The summed E-state index contributed by atoms with van der Waals surface area (Å²) < 4.78 is 0. The molecule has 2 aliphatic rings. The van der Waals surface area contributed by atoms with E-state index < -0.39 is 5.92 Å². The van der Waals surface area contributed by atoms with E-state index in [1.165, 1.54) is 0 Å². The maximum Gasteiger partial charge on any atom is 0.233 e. The van der Waals surface area contributed by atoms with E-state index in [0.717, 1.165) is 19.3 Å². The van der Waals surface area contributed by atoms with Crippen LogP contribution in [0.2, 0.25) is 0 Å². The number of amidine groups is 1. The third-order valence-electron chi connectivity index (χ3n) is 4.23. The zero-order valence-electron chi connectivity index (χ0n) is 11.7. The average Bonchev–Trinajstić information content (AvgIpc) is 2.85. The average molecular weight is 282 g/mol. The number of amides is 2. The Balaban J connectivity index is 2.16. The molecule has 20 heavy (non-hydrogen) atoms. The number of nitrogens with zero attached hydrogens (tertiary/aromatic N) is 2. The summed E-state index contributed by atoms with van der Waals surface area (Å²) in [6.45, 7) is 3.09. The Hall–Kier alpha value is -1.79. The number of hydrogen-bond donors (Lipinski definition) is 3. The molecule has 7 heteroatoms. The maximum atomic E-state index is 12.7. The lowest BCUT2D eigenvalue weighted by molar-refractivity contribution is -0.139. The summed E-state index contributed by atoms with van der Waals surface area (Å²) in [4.78, 5) is 26.1. The molecule has 4 N–H and O–H groups in total. The summed E-state index contributed by atoms with van der Waals surface area (Å²) in [5.74, 6) is -0.852. The van der Waals surface area contributed by atoms with Gasteiger partial charge in [-0.15, -0.1) is 0 Å². The molecule has 2 saturated heterocycles. The van der Waals surface area contributed by atoms with E-state index in [1.807, 2.05) is 6.92 Å². The van der Waals surface area contributed by atoms with Crippen molar-refractivity contribution in [1.82, 2.24) is 10.2 Å². The van der Waals surface area contributed by atoms with E-state index in [9.17, 15) is 9.59 Å². The van der Waals surface area contributed by atoms with Gasteiger partial charge >= 0.3 is 0 Å². The smallest absolute Gasteiger partial charge is 0.233 e. The van der Waals surface area contributed by atoms with Crippen molar-refractivity contribution >= 4 is 17.6 Å². The zero-order valence-corrected chi connectivity index (χ0v) is 11.7. The number of carbonyl (C=O) groups excluding carboxylic acids is 2. The second kappa shape index (κ2) is 6.11. The number of rotatable bonds is 4. The van der Waals surface area contributed by atoms with Gasteiger partial charge in [-0.3, -0.25) is 9.59 Å². The SMILES string of the molecule is CCCC(C(=O)N1CCCC2C(=O)NCC21)C(N)=NO. The van der Waals surface area contributed by atoms with Gasteiger partial charge in [-0.25, -0.2) is 0 Å². The first kappa shape index (κ1) is 14.6. The van der Waals surface area contributed by atoms with Crippen molar-refractivity contribution in [3.05, 3.63) is 0 Å². The molecular weight excluding hydrogens is 260 g/mol. The van der Waals surface area contributed by atoms with Crippen molar-refractivity contribution in [2.45, 2.75) is 38.6 Å². The predicted molar refractivity (Wildman–Crippen MR) is 73.0 cm³/mol. The number of fused-ring (bicyclic) bond motifs is 1. The Morgan fingerprint density at radius 2 is 2.40 bits per heavy atom. The van der Waals surface area contributed by atoms with E-state index in [2.05, 4.69) is 10.5 Å². The topological polar surface area (TPSA) is 108 Å². The fourth-order valence-corrected chi connectivity index (χ4v) is 3.18. The van der Waals surface area contributed by atoms with Gasteiger partial charge in [-0.05, 0) is 19.3 Å². The van der Waals surface area contributed by atoms with Crippen LogP contribution in [0, 0.1) is 11.8 Å². The number of oxime groups is 1. The number of carbonyl (C=O) groups is 2. The molecule has 2 aliphatic heterocycles. The van der Waals surface area contributed by atoms with Crippen molar-refractivity contribution < 1.29 is 14.8 Å². The normalized spacial score (nSPS) is 27.9. The van der Waals surface area contributed by atoms with Crippen LogP contribution >= 0.6 is 0 Å². The highest BCUT2D eigenvalue weighted by Crippen LogP contribution is 2.29. The van der Waals surface area contributed by atoms with Gasteiger partial charge in [0.05, 0.1) is 17.9 Å². The third-order valence-corrected chi connectivity index (χ3v) is 4.23. The Bertz CT molecular complexity index is 424. The second-order valence-electron chi connectivity index (χ2n) is 5.46. The molecule has 0 aromatic carbocycles. The van der Waals surface area contributed by atoms with Crippen molar-refractivity contribution in [2.75, 3.05) is 13.1 Å². The zero-order chi connectivity index (χ0) is 14.7. The van der Waals surface area contributed by atoms with Crippen LogP contribution in [0.15, 0.2) is 5.16 Å². The molecule has 0 saturated carbocycles. The van der Waals surface area contributed by atoms with Crippen LogP contribution in [0.3, 0.4) is 0 Å². The summed E-state index contributed by atoms with van der Waals surface area (Å²) >= 11 is 0. The van der Waals surface area contributed by atoms with Gasteiger partial charge in [0.15, 0.2) is 5.84 Å². The number of hydrogen-bond acceptors (Lipinski definition) is 4. The van der Waals surface area contributed by atoms with E-state index >= 15 is 0 Å². The van der Waals surface area contributed by atoms with E-state index in [0.29, 0.717) is 19.5 Å². The van der Waals surface area contributed by atoms with Crippen LogP contribution in [-0.2, 0) is 9.59 Å². The van der Waals surface area contributed by atoms with Gasteiger partial charge in [0, 0.05) is 13.1 Å². The standard InChI is InChI=1S/C13H22N4O3/c1-2-4-9(11(14)16-20)13(19)17-6-3-5-8-10(17)7-15-12(8)18/h8-10,20H,2-7H2,1H3,(H2,14,16)(H,15,18). The van der Waals surface area contributed by atoms with Gasteiger partial charge in [0.1, 0.15) is 0 Å². The second-order valence-corrected chi connectivity index (χ2v) is 5.46. The molecule has 0 radical (unpaired) electrons. The Morgan fingerprint density at radius 3 is 3.05 bits per heavy atom. The summed E-state index contributed by atoms with van der Waals surface area (Å²) in [5.41, 5.74) is 5.65. The lowest BCUT2D eigenvalue weighted by Gasteiger charge is -2.37. The fraction of sp³-hybridized carbons (Fsp3) is 0.769. The van der Waals surface area contributed by atoms with Crippen molar-refractivity contribution in [2.24, 2.45) is 22.7 Å². The van der Waals surface area contributed by atoms with Gasteiger partial charge in [-0.2, -0.15) is 0 Å². The number of likely N-dealkylation sites (tertiary alicyclic amines) is 1. The third kappa shape index (κ3) is 2.57. The summed E-state index contributed by atoms with van der Waals surface area (Å²) in [6, 6.07) is -0.0883. The minimum absolute atomic E-state index is 0.0309. The van der Waals surface area contributed by atoms with Crippen LogP contribution in [0.25, 0.3) is 0 Å². The molecule has 0 aliphatic carbocycles. The first-order valence-corrected chi connectivity index (χ1v) is 7.15. The van der Waals surface area contributed by atoms with Crippen LogP contribution in [0.1, 0.15) is 32.6 Å². The maximum absolute atomic E-state index is 12.7. The number of nitrogens with one attached hydrogen (secondary N) is 1. The quantitative estimate of drug-likeness (QED) is 0.289. The first-order valence-electron chi connectivity index (χ1n) is 7.15. The highest BCUT2D eigenvalue weighted by molar-refractivity contribution is 6.02. The molecule has 0 aromatic heterocycles. The van der Waals surface area contributed by atoms with Crippen molar-refractivity contribution in [1.29, 1.82) is 0 Å². The lowest BCUT2D eigenvalue weighted by atomic mass is 9.89. The van der Waals surface area contributed by atoms with Gasteiger partial charge in [0.2, 0.25) is 11.8 Å². The predicted octanol–water partition coefficient (Wildman–Crippen LogP) is -0.114. The summed E-state index contributed by atoms with van der Waals surface area (Å²) in [6.07, 6.45) is 2.95. The van der Waals surface area contributed by atoms with E-state index in [4.69, 9.17) is 10.9 Å². The van der Waals surface area contributed by atoms with E-state index in [1.54, 1.807) is 4.90 Å². The molecular formula is C13H22N4O3. The highest BCUT2D eigenvalue weighted by Gasteiger charge is 2.44. The van der Waals surface area contributed by atoms with E-state index in [-0.39, 0.29) is 29.6 Å². The molecule has 7 nitrogen and oxygen atoms in total. The van der Waals surface area contributed by atoms with Gasteiger partial charge in [-0.1, -0.05) is 18.5 Å². The van der Waals surface area contributed by atoms with Crippen LogP contribution in [0.5, 0.6) is 0 Å². The molecule has 0 spiro atoms. The van der Waals surface area contributed by atoms with Crippen molar-refractivity contribution in [3.8, 4) is 0 Å². The molecule has 3 unspecified atom stereocenters. The minimum Gasteiger partial charge on any atom is -0.409 e. The number of piperidine rings is 1. The monoisotopic (exact) mass is 282 g/mol. The Morgan fingerprint density at radius 1 is 1.65 bits per heavy atom. The molecule has 2 amide bonds. The first-order chi connectivity index (χ1) is 9.60. The van der Waals surface area contributed by atoms with Crippen LogP contribution in [-0.4, -0.2) is 46.9 Å². The molecule has 2 heterocycles. The highest BCUT2D eigenvalue weighted by atomic mass is 16.4. The Kier molecular flexibility index (Phi) is 4.46. The van der Waals surface area contributed by atoms with Crippen LogP contribution < -0.4 is 11.1 Å². The summed E-state index contributed by atoms with van der Waals surface area (Å²) in [5, 5.41) is 14.6. The largest absolute Gasteiger partial charge is 0.409 e. The lowest BCUT2D eigenvalue weighted by Crippen LogP contribution is -2.52. The fourth-order valence-electron chi connectivity index (χ4n) is 3.18. The molecule has 3 atom stereocenters. The summed E-state index contributed by atoms with van der Waals surface area (Å²) in [7, 11) is 0. The van der Waals surface area contributed by atoms with Gasteiger partial charge < -0.3 is 21.2 Å². The van der Waals surface area contributed by atoms with Gasteiger partial charge in [0.25, 0.3) is 0 Å². The molecule has 2 rings (SSSR count). The molecule has 0 bridgehead atoms.